The Kier molecular flexibility index (Phi) is 5.44. The molecule has 3 aliphatic heterocycles. The Hall–Kier alpha value is -0.850. The van der Waals surface area contributed by atoms with E-state index >= 15 is 0 Å². The molecule has 6 heteroatoms. The van der Waals surface area contributed by atoms with Crippen LogP contribution in [0.3, 0.4) is 0 Å². The zero-order valence-corrected chi connectivity index (χ0v) is 14.5. The van der Waals surface area contributed by atoms with Crippen LogP contribution in [-0.2, 0) is 14.2 Å². The largest absolute Gasteiger partial charge is 0.448 e. The molecule has 0 aliphatic carbocycles. The summed E-state index contributed by atoms with van der Waals surface area (Å²) in [5.74, 6) is 0. The molecule has 0 N–H and O–H groups in total. The van der Waals surface area contributed by atoms with Gasteiger partial charge in [0, 0.05) is 24.7 Å². The lowest BCUT2D eigenvalue weighted by Crippen LogP contribution is -2.48. The van der Waals surface area contributed by atoms with Crippen LogP contribution in [0.15, 0.2) is 0 Å². The molecule has 0 aromatic carbocycles. The zero-order valence-electron chi connectivity index (χ0n) is 14.5. The predicted octanol–water partition coefficient (Wildman–Crippen LogP) is 1.88. The summed E-state index contributed by atoms with van der Waals surface area (Å²) in [5.41, 5.74) is 0.181. The highest BCUT2D eigenvalue weighted by Gasteiger charge is 2.49. The Balaban J connectivity index is 1.50. The molecule has 0 saturated carbocycles. The van der Waals surface area contributed by atoms with Crippen molar-refractivity contribution in [3.63, 3.8) is 0 Å². The molecule has 0 aromatic rings. The molecule has 3 fully saturated rings. The van der Waals surface area contributed by atoms with E-state index < -0.39 is 0 Å². The minimum Gasteiger partial charge on any atom is -0.448 e. The lowest BCUT2D eigenvalue weighted by atomic mass is 9.95. The van der Waals surface area contributed by atoms with E-state index in [1.807, 2.05) is 0 Å². The van der Waals surface area contributed by atoms with Crippen LogP contribution in [0.2, 0.25) is 0 Å². The van der Waals surface area contributed by atoms with Crippen molar-refractivity contribution in [1.82, 2.24) is 9.80 Å². The first-order chi connectivity index (χ1) is 11.1. The fraction of sp³-hybridized carbons (Fsp3) is 0.941. The van der Waals surface area contributed by atoms with Gasteiger partial charge in [-0.05, 0) is 46.1 Å². The molecule has 0 unspecified atom stereocenters. The third-order valence-corrected chi connectivity index (χ3v) is 5.39. The van der Waals surface area contributed by atoms with Crippen molar-refractivity contribution in [2.24, 2.45) is 0 Å². The smallest absolute Gasteiger partial charge is 0.409 e. The number of ether oxygens (including phenoxy) is 3. The number of nitrogens with zero attached hydrogens (tertiary/aromatic N) is 2. The second-order valence-corrected chi connectivity index (χ2v) is 7.25. The first-order valence-corrected chi connectivity index (χ1v) is 8.98. The summed E-state index contributed by atoms with van der Waals surface area (Å²) in [4.78, 5) is 16.4. The second kappa shape index (κ2) is 7.36. The highest BCUT2D eigenvalue weighted by atomic mass is 16.6. The number of hydrogen-bond donors (Lipinski definition) is 0. The highest BCUT2D eigenvalue weighted by Crippen LogP contribution is 2.42. The molecule has 3 rings (SSSR count). The summed E-state index contributed by atoms with van der Waals surface area (Å²) in [6.45, 7) is 9.08. The van der Waals surface area contributed by atoms with Crippen LogP contribution in [0.4, 0.5) is 4.79 Å². The van der Waals surface area contributed by atoms with Crippen LogP contribution >= 0.6 is 0 Å². The minimum absolute atomic E-state index is 0.181. The third kappa shape index (κ3) is 3.80. The number of carbonyl (C=O) groups is 1. The molecule has 23 heavy (non-hydrogen) atoms. The Morgan fingerprint density at radius 1 is 1.26 bits per heavy atom. The monoisotopic (exact) mass is 326 g/mol. The molecule has 2 atom stereocenters. The van der Waals surface area contributed by atoms with Gasteiger partial charge in [-0.3, -0.25) is 4.90 Å². The fourth-order valence-corrected chi connectivity index (χ4v) is 4.12. The number of hydrogen-bond acceptors (Lipinski definition) is 5. The number of morpholine rings is 1. The molecule has 0 bridgehead atoms. The summed E-state index contributed by atoms with van der Waals surface area (Å²) in [7, 11) is 0. The summed E-state index contributed by atoms with van der Waals surface area (Å²) in [6, 6.07) is 0.346. The van der Waals surface area contributed by atoms with Gasteiger partial charge in [-0.2, -0.15) is 0 Å². The van der Waals surface area contributed by atoms with E-state index in [0.717, 1.165) is 26.0 Å². The van der Waals surface area contributed by atoms with Crippen LogP contribution in [0, 0.1) is 0 Å². The van der Waals surface area contributed by atoms with Gasteiger partial charge in [0.15, 0.2) is 0 Å². The molecular formula is C17H30N2O4. The van der Waals surface area contributed by atoms with Crippen LogP contribution < -0.4 is 0 Å². The highest BCUT2D eigenvalue weighted by molar-refractivity contribution is 5.67. The molecule has 3 heterocycles. The fourth-order valence-electron chi connectivity index (χ4n) is 4.12. The first kappa shape index (κ1) is 17.0. The lowest BCUT2D eigenvalue weighted by Gasteiger charge is -2.35. The first-order valence-electron chi connectivity index (χ1n) is 8.98. The summed E-state index contributed by atoms with van der Waals surface area (Å²) in [6.07, 6.45) is 4.74. The Morgan fingerprint density at radius 2 is 2.04 bits per heavy atom. The van der Waals surface area contributed by atoms with E-state index in [9.17, 15) is 4.79 Å². The average molecular weight is 326 g/mol. The SMILES string of the molecule is CC(C)OC[C@]12CCCN1[C@@H](COC(=O)N1CCOCC1)CC2. The zero-order chi connectivity index (χ0) is 16.3. The molecule has 132 valence electrons. The van der Waals surface area contributed by atoms with Gasteiger partial charge in [0.05, 0.1) is 25.9 Å². The normalized spacial score (nSPS) is 31.6. The quantitative estimate of drug-likeness (QED) is 0.772. The predicted molar refractivity (Wildman–Crippen MR) is 86.5 cm³/mol. The van der Waals surface area contributed by atoms with Crippen molar-refractivity contribution >= 4 is 6.09 Å². The van der Waals surface area contributed by atoms with Crippen molar-refractivity contribution in [3.05, 3.63) is 0 Å². The van der Waals surface area contributed by atoms with E-state index in [2.05, 4.69) is 18.7 Å². The molecule has 0 radical (unpaired) electrons. The van der Waals surface area contributed by atoms with Gasteiger partial charge in [0.1, 0.15) is 6.61 Å². The van der Waals surface area contributed by atoms with Crippen molar-refractivity contribution in [2.45, 2.75) is 57.2 Å². The van der Waals surface area contributed by atoms with Crippen LogP contribution in [0.5, 0.6) is 0 Å². The lowest BCUT2D eigenvalue weighted by molar-refractivity contribution is -0.0155. The van der Waals surface area contributed by atoms with Gasteiger partial charge in [0.2, 0.25) is 0 Å². The Bertz CT molecular complexity index is 411. The van der Waals surface area contributed by atoms with E-state index in [1.165, 1.54) is 12.8 Å². The molecule has 1 amide bonds. The molecule has 0 spiro atoms. The number of fused-ring (bicyclic) bond motifs is 1. The standard InChI is InChI=1S/C17H30N2O4/c1-14(2)23-13-17-5-3-7-19(17)15(4-6-17)12-22-16(20)18-8-10-21-11-9-18/h14-15H,3-13H2,1-2H3/t15-,17-/m1/s1. The summed E-state index contributed by atoms with van der Waals surface area (Å²) in [5, 5.41) is 0. The Labute approximate surface area is 139 Å². The topological polar surface area (TPSA) is 51.2 Å². The van der Waals surface area contributed by atoms with Crippen molar-refractivity contribution in [2.75, 3.05) is 46.1 Å². The maximum absolute atomic E-state index is 12.1. The van der Waals surface area contributed by atoms with Crippen LogP contribution in [0.25, 0.3) is 0 Å². The molecular weight excluding hydrogens is 296 g/mol. The molecule has 3 saturated heterocycles. The maximum atomic E-state index is 12.1. The van der Waals surface area contributed by atoms with Gasteiger partial charge in [0.25, 0.3) is 0 Å². The molecule has 0 aromatic heterocycles. The van der Waals surface area contributed by atoms with Crippen molar-refractivity contribution in [3.8, 4) is 0 Å². The van der Waals surface area contributed by atoms with Gasteiger partial charge >= 0.3 is 6.09 Å². The molecule has 3 aliphatic rings. The third-order valence-electron chi connectivity index (χ3n) is 5.39. The molecule has 6 nitrogen and oxygen atoms in total. The second-order valence-electron chi connectivity index (χ2n) is 7.25. The van der Waals surface area contributed by atoms with Gasteiger partial charge < -0.3 is 19.1 Å². The van der Waals surface area contributed by atoms with Crippen molar-refractivity contribution in [1.29, 1.82) is 0 Å². The maximum Gasteiger partial charge on any atom is 0.409 e. The van der Waals surface area contributed by atoms with E-state index in [1.54, 1.807) is 4.90 Å². The number of amides is 1. The van der Waals surface area contributed by atoms with Crippen molar-refractivity contribution < 1.29 is 19.0 Å². The summed E-state index contributed by atoms with van der Waals surface area (Å²) < 4.78 is 16.8. The van der Waals surface area contributed by atoms with Crippen LogP contribution in [-0.4, -0.2) is 79.6 Å². The van der Waals surface area contributed by atoms with Crippen LogP contribution in [0.1, 0.15) is 39.5 Å². The number of carbonyl (C=O) groups excluding carboxylic acids is 1. The van der Waals surface area contributed by atoms with Gasteiger partial charge in [-0.25, -0.2) is 4.79 Å². The van der Waals surface area contributed by atoms with E-state index in [-0.39, 0.29) is 17.7 Å². The Morgan fingerprint density at radius 3 is 2.78 bits per heavy atom. The van der Waals surface area contributed by atoms with E-state index in [0.29, 0.717) is 39.0 Å². The number of rotatable bonds is 5. The van der Waals surface area contributed by atoms with E-state index in [4.69, 9.17) is 14.2 Å². The van der Waals surface area contributed by atoms with Gasteiger partial charge in [-0.1, -0.05) is 0 Å². The summed E-state index contributed by atoms with van der Waals surface area (Å²) >= 11 is 0. The average Bonchev–Trinajstić information content (AvgIpc) is 3.11. The minimum atomic E-state index is -0.191. The van der Waals surface area contributed by atoms with Gasteiger partial charge in [-0.15, -0.1) is 0 Å².